The highest BCUT2D eigenvalue weighted by molar-refractivity contribution is 5.94. The maximum absolute atomic E-state index is 13.8. The van der Waals surface area contributed by atoms with Crippen LogP contribution in [0.4, 0.5) is 13.2 Å². The number of hydrogen-bond donors (Lipinski definition) is 0. The van der Waals surface area contributed by atoms with Crippen LogP contribution in [-0.2, 0) is 18.8 Å². The summed E-state index contributed by atoms with van der Waals surface area (Å²) >= 11 is 0. The van der Waals surface area contributed by atoms with Gasteiger partial charge in [-0.05, 0) is 24.3 Å². The molecule has 2 aromatic heterocycles. The van der Waals surface area contributed by atoms with Gasteiger partial charge in [-0.2, -0.15) is 18.3 Å². The van der Waals surface area contributed by atoms with E-state index in [-0.39, 0.29) is 19.0 Å². The van der Waals surface area contributed by atoms with Gasteiger partial charge in [-0.1, -0.05) is 30.3 Å². The molecule has 1 saturated heterocycles. The summed E-state index contributed by atoms with van der Waals surface area (Å²) in [5.74, 6) is -1.72. The number of nitrogens with zero attached hydrogens (tertiary/aromatic N) is 4. The van der Waals surface area contributed by atoms with Crippen molar-refractivity contribution in [2.75, 3.05) is 13.1 Å². The van der Waals surface area contributed by atoms with E-state index >= 15 is 0 Å². The summed E-state index contributed by atoms with van der Waals surface area (Å²) in [6.45, 7) is 0.389. The number of carbonyl (C=O) groups excluding carboxylic acids is 1. The van der Waals surface area contributed by atoms with E-state index in [1.54, 1.807) is 41.2 Å². The Morgan fingerprint density at radius 1 is 1.03 bits per heavy atom. The second-order valence-corrected chi connectivity index (χ2v) is 8.98. The van der Waals surface area contributed by atoms with Crippen molar-refractivity contribution in [2.45, 2.75) is 24.6 Å². The summed E-state index contributed by atoms with van der Waals surface area (Å²) < 4.78 is 54.6. The molecule has 10 heteroatoms. The van der Waals surface area contributed by atoms with Crippen molar-refractivity contribution in [1.29, 1.82) is 0 Å². The van der Waals surface area contributed by atoms with E-state index in [9.17, 15) is 18.0 Å². The molecule has 4 heterocycles. The molecule has 2 aliphatic heterocycles. The van der Waals surface area contributed by atoms with Crippen LogP contribution in [0.5, 0.6) is 5.75 Å². The van der Waals surface area contributed by atoms with Crippen molar-refractivity contribution in [2.24, 2.45) is 7.05 Å². The Kier molecular flexibility index (Phi) is 4.96. The Bertz CT molecular complexity index is 1450. The molecule has 6 rings (SSSR count). The molecule has 1 spiro atoms. The SMILES string of the molecule is Cn1ncc2c1-c1ccccc1OC21CCN(C(=O)c2nc(-c3ccccc3)oc2C(F)(F)F)CC1. The number of alkyl halides is 3. The Hall–Kier alpha value is -4.08. The number of oxazole rings is 1. The highest BCUT2D eigenvalue weighted by Gasteiger charge is 2.48. The Morgan fingerprint density at radius 2 is 1.72 bits per heavy atom. The Labute approximate surface area is 204 Å². The maximum atomic E-state index is 13.8. The summed E-state index contributed by atoms with van der Waals surface area (Å²) in [6.07, 6.45) is -2.29. The standard InChI is InChI=1S/C26H21F3N4O3/c1-32-21-17-9-5-6-10-19(17)36-25(18(21)15-30-32)11-13-33(14-12-25)24(34)20-22(26(27,28)29)35-23(31-20)16-7-3-2-4-8-16/h2-10,15H,11-14H2,1H3. The van der Waals surface area contributed by atoms with Gasteiger partial charge in [0.15, 0.2) is 5.69 Å². The number of fused-ring (bicyclic) bond motifs is 4. The number of amides is 1. The molecule has 184 valence electrons. The van der Waals surface area contributed by atoms with Crippen LogP contribution >= 0.6 is 0 Å². The lowest BCUT2D eigenvalue weighted by molar-refractivity contribution is -0.153. The summed E-state index contributed by atoms with van der Waals surface area (Å²) in [7, 11) is 1.86. The van der Waals surface area contributed by atoms with Crippen molar-refractivity contribution < 1.29 is 27.1 Å². The summed E-state index contributed by atoms with van der Waals surface area (Å²) in [5.41, 5.74) is 1.70. The number of para-hydroxylation sites is 1. The maximum Gasteiger partial charge on any atom is 0.452 e. The van der Waals surface area contributed by atoms with E-state index in [4.69, 9.17) is 9.15 Å². The number of carbonyl (C=O) groups is 1. The first kappa shape index (κ1) is 22.4. The Morgan fingerprint density at radius 3 is 2.44 bits per heavy atom. The van der Waals surface area contributed by atoms with Gasteiger partial charge in [-0.15, -0.1) is 0 Å². The predicted molar refractivity (Wildman–Crippen MR) is 123 cm³/mol. The molecule has 0 atom stereocenters. The van der Waals surface area contributed by atoms with Gasteiger partial charge in [-0.3, -0.25) is 9.48 Å². The number of halogens is 3. The van der Waals surface area contributed by atoms with Crippen molar-refractivity contribution >= 4 is 5.91 Å². The van der Waals surface area contributed by atoms with Gasteiger partial charge < -0.3 is 14.1 Å². The number of rotatable bonds is 2. The number of piperidine rings is 1. The molecule has 0 aliphatic carbocycles. The fourth-order valence-electron chi connectivity index (χ4n) is 5.06. The topological polar surface area (TPSA) is 73.4 Å². The van der Waals surface area contributed by atoms with E-state index < -0.39 is 29.1 Å². The smallest absolute Gasteiger partial charge is 0.452 e. The van der Waals surface area contributed by atoms with E-state index in [1.165, 1.54) is 4.90 Å². The molecular weight excluding hydrogens is 473 g/mol. The molecule has 36 heavy (non-hydrogen) atoms. The second kappa shape index (κ2) is 7.97. The molecule has 7 nitrogen and oxygen atoms in total. The minimum atomic E-state index is -4.86. The lowest BCUT2D eigenvalue weighted by atomic mass is 9.81. The van der Waals surface area contributed by atoms with Gasteiger partial charge in [0, 0.05) is 49.7 Å². The first-order chi connectivity index (χ1) is 17.3. The van der Waals surface area contributed by atoms with E-state index in [2.05, 4.69) is 10.1 Å². The first-order valence-electron chi connectivity index (χ1n) is 11.5. The highest BCUT2D eigenvalue weighted by Crippen LogP contribution is 2.49. The monoisotopic (exact) mass is 494 g/mol. The highest BCUT2D eigenvalue weighted by atomic mass is 19.4. The molecule has 0 N–H and O–H groups in total. The zero-order valence-electron chi connectivity index (χ0n) is 19.2. The first-order valence-corrected chi connectivity index (χ1v) is 11.5. The minimum absolute atomic E-state index is 0.195. The number of benzene rings is 2. The fourth-order valence-corrected chi connectivity index (χ4v) is 5.06. The predicted octanol–water partition coefficient (Wildman–Crippen LogP) is 5.28. The number of aromatic nitrogens is 3. The Balaban J connectivity index is 1.30. The normalized spacial score (nSPS) is 16.4. The van der Waals surface area contributed by atoms with Gasteiger partial charge in [0.05, 0.1) is 11.9 Å². The van der Waals surface area contributed by atoms with Crippen LogP contribution in [-0.4, -0.2) is 38.7 Å². The molecule has 0 radical (unpaired) electrons. The van der Waals surface area contributed by atoms with Gasteiger partial charge in [-0.25, -0.2) is 4.98 Å². The van der Waals surface area contributed by atoms with Crippen molar-refractivity contribution in [3.8, 4) is 28.5 Å². The molecule has 1 amide bonds. The van der Waals surface area contributed by atoms with Gasteiger partial charge >= 0.3 is 6.18 Å². The molecule has 0 unspecified atom stereocenters. The third-order valence-electron chi connectivity index (χ3n) is 6.84. The van der Waals surface area contributed by atoms with Crippen LogP contribution in [0.1, 0.15) is 34.7 Å². The van der Waals surface area contributed by atoms with E-state index in [0.717, 1.165) is 22.6 Å². The van der Waals surface area contributed by atoms with Gasteiger partial charge in [0.25, 0.3) is 5.91 Å². The van der Waals surface area contributed by atoms with Crippen LogP contribution in [0.2, 0.25) is 0 Å². The summed E-state index contributed by atoms with van der Waals surface area (Å²) in [4.78, 5) is 18.6. The number of likely N-dealkylation sites (tertiary alicyclic amines) is 1. The zero-order valence-corrected chi connectivity index (χ0v) is 19.2. The third-order valence-corrected chi connectivity index (χ3v) is 6.84. The van der Waals surface area contributed by atoms with Crippen molar-refractivity contribution in [3.63, 3.8) is 0 Å². The summed E-state index contributed by atoms with van der Waals surface area (Å²) in [5, 5.41) is 4.43. The fraction of sp³-hybridized carbons (Fsp3) is 0.269. The average molecular weight is 494 g/mol. The largest absolute Gasteiger partial charge is 0.482 e. The molecule has 4 aromatic rings. The third kappa shape index (κ3) is 3.47. The molecular formula is C26H21F3N4O3. The van der Waals surface area contributed by atoms with Crippen LogP contribution in [0.15, 0.2) is 65.2 Å². The van der Waals surface area contributed by atoms with Gasteiger partial charge in [0.2, 0.25) is 11.7 Å². The molecule has 0 saturated carbocycles. The minimum Gasteiger partial charge on any atom is -0.482 e. The lowest BCUT2D eigenvalue weighted by Crippen LogP contribution is -2.49. The van der Waals surface area contributed by atoms with Gasteiger partial charge in [0.1, 0.15) is 11.4 Å². The molecule has 2 aromatic carbocycles. The average Bonchev–Trinajstić information content (AvgIpc) is 3.50. The number of hydrogen-bond acceptors (Lipinski definition) is 5. The second-order valence-electron chi connectivity index (χ2n) is 8.98. The van der Waals surface area contributed by atoms with Crippen molar-refractivity contribution in [1.82, 2.24) is 19.7 Å². The van der Waals surface area contributed by atoms with Crippen LogP contribution < -0.4 is 4.74 Å². The lowest BCUT2D eigenvalue weighted by Gasteiger charge is -2.44. The van der Waals surface area contributed by atoms with Crippen molar-refractivity contribution in [3.05, 3.63) is 77.8 Å². The zero-order chi connectivity index (χ0) is 25.1. The van der Waals surface area contributed by atoms with Crippen LogP contribution in [0.25, 0.3) is 22.7 Å². The van der Waals surface area contributed by atoms with E-state index in [1.807, 2.05) is 31.3 Å². The van der Waals surface area contributed by atoms with Crippen LogP contribution in [0, 0.1) is 0 Å². The summed E-state index contributed by atoms with van der Waals surface area (Å²) in [6, 6.07) is 15.9. The molecule has 2 aliphatic rings. The van der Waals surface area contributed by atoms with Crippen LogP contribution in [0.3, 0.4) is 0 Å². The van der Waals surface area contributed by atoms with E-state index in [0.29, 0.717) is 18.4 Å². The molecule has 1 fully saturated rings. The number of ether oxygens (including phenoxy) is 1. The molecule has 0 bridgehead atoms. The number of aryl methyl sites for hydroxylation is 1. The quantitative estimate of drug-likeness (QED) is 0.379.